The third-order valence-corrected chi connectivity index (χ3v) is 6.66. The number of ether oxygens (including phenoxy) is 2. The first-order chi connectivity index (χ1) is 18.4. The van der Waals surface area contributed by atoms with Gasteiger partial charge < -0.3 is 19.7 Å². The number of hydrogen-bond donors (Lipinski definition) is 1. The third-order valence-electron chi connectivity index (χ3n) is 6.66. The monoisotopic (exact) mass is 514 g/mol. The number of fused-ring (bicyclic) bond motifs is 1. The molecule has 6 heteroatoms. The van der Waals surface area contributed by atoms with Gasteiger partial charge in [0.2, 0.25) is 11.8 Å². The van der Waals surface area contributed by atoms with Crippen LogP contribution in [0.15, 0.2) is 72.8 Å². The lowest BCUT2D eigenvalue weighted by Crippen LogP contribution is -2.51. The zero-order valence-corrected chi connectivity index (χ0v) is 22.6. The molecule has 3 aromatic rings. The summed E-state index contributed by atoms with van der Waals surface area (Å²) in [4.78, 5) is 29.1. The van der Waals surface area contributed by atoms with Crippen molar-refractivity contribution >= 4 is 11.8 Å². The zero-order chi connectivity index (χ0) is 26.9. The Balaban J connectivity index is 1.58. The second-order valence-electron chi connectivity index (χ2n) is 10.3. The van der Waals surface area contributed by atoms with Crippen LogP contribution in [0.5, 0.6) is 11.5 Å². The van der Waals surface area contributed by atoms with E-state index in [9.17, 15) is 9.59 Å². The molecule has 6 nitrogen and oxygen atoms in total. The van der Waals surface area contributed by atoms with Crippen molar-refractivity contribution in [1.29, 1.82) is 0 Å². The van der Waals surface area contributed by atoms with Crippen LogP contribution < -0.4 is 14.8 Å². The molecule has 0 aliphatic carbocycles. The summed E-state index contributed by atoms with van der Waals surface area (Å²) in [5, 5.41) is 3.08. The summed E-state index contributed by atoms with van der Waals surface area (Å²) in [6.07, 6.45) is 1.28. The first-order valence-corrected chi connectivity index (χ1v) is 13.4. The molecule has 0 aromatic heterocycles. The van der Waals surface area contributed by atoms with E-state index in [2.05, 4.69) is 19.2 Å². The molecule has 1 heterocycles. The van der Waals surface area contributed by atoms with Gasteiger partial charge >= 0.3 is 0 Å². The SMILES string of the molecule is Cc1ccc(CN(C(=O)CCc2ccc3c(c2)OCCO3)C(Cc2ccccc2)C(=O)NCC(C)C)cc1. The zero-order valence-electron chi connectivity index (χ0n) is 22.6. The van der Waals surface area contributed by atoms with Gasteiger partial charge in [-0.2, -0.15) is 0 Å². The molecule has 4 rings (SSSR count). The maximum absolute atomic E-state index is 13.8. The van der Waals surface area contributed by atoms with E-state index < -0.39 is 6.04 Å². The Hall–Kier alpha value is -3.80. The van der Waals surface area contributed by atoms with E-state index in [0.717, 1.165) is 28.0 Å². The maximum Gasteiger partial charge on any atom is 0.243 e. The number of nitrogens with one attached hydrogen (secondary N) is 1. The van der Waals surface area contributed by atoms with Gasteiger partial charge in [0, 0.05) is 25.9 Å². The Morgan fingerprint density at radius 2 is 1.55 bits per heavy atom. The van der Waals surface area contributed by atoms with Crippen molar-refractivity contribution in [3.63, 3.8) is 0 Å². The fourth-order valence-corrected chi connectivity index (χ4v) is 4.50. The number of benzene rings is 3. The number of amides is 2. The van der Waals surface area contributed by atoms with Gasteiger partial charge in [-0.3, -0.25) is 9.59 Å². The summed E-state index contributed by atoms with van der Waals surface area (Å²) in [6, 6.07) is 23.2. The Morgan fingerprint density at radius 1 is 0.868 bits per heavy atom. The van der Waals surface area contributed by atoms with Crippen molar-refractivity contribution in [1.82, 2.24) is 10.2 Å². The van der Waals surface area contributed by atoms with Crippen LogP contribution in [0.1, 0.15) is 42.5 Å². The van der Waals surface area contributed by atoms with E-state index >= 15 is 0 Å². The van der Waals surface area contributed by atoms with E-state index in [0.29, 0.717) is 50.8 Å². The number of rotatable bonds is 11. The van der Waals surface area contributed by atoms with E-state index in [-0.39, 0.29) is 18.2 Å². The van der Waals surface area contributed by atoms with E-state index in [1.807, 2.05) is 79.7 Å². The van der Waals surface area contributed by atoms with Crippen LogP contribution in [0.3, 0.4) is 0 Å². The molecule has 200 valence electrons. The number of carbonyl (C=O) groups excluding carboxylic acids is 2. The molecule has 0 saturated heterocycles. The largest absolute Gasteiger partial charge is 0.486 e. The lowest BCUT2D eigenvalue weighted by molar-refractivity contribution is -0.141. The Morgan fingerprint density at radius 3 is 2.26 bits per heavy atom. The predicted molar refractivity (Wildman–Crippen MR) is 149 cm³/mol. The number of carbonyl (C=O) groups is 2. The minimum Gasteiger partial charge on any atom is -0.486 e. The first kappa shape index (κ1) is 27.2. The lowest BCUT2D eigenvalue weighted by atomic mass is 10.0. The highest BCUT2D eigenvalue weighted by Crippen LogP contribution is 2.31. The van der Waals surface area contributed by atoms with Gasteiger partial charge in [-0.25, -0.2) is 0 Å². The van der Waals surface area contributed by atoms with Gasteiger partial charge in [0.1, 0.15) is 19.3 Å². The van der Waals surface area contributed by atoms with Gasteiger partial charge in [-0.1, -0.05) is 80.1 Å². The summed E-state index contributed by atoms with van der Waals surface area (Å²) in [5.74, 6) is 1.58. The van der Waals surface area contributed by atoms with Crippen molar-refractivity contribution in [3.8, 4) is 11.5 Å². The van der Waals surface area contributed by atoms with Gasteiger partial charge in [-0.05, 0) is 48.1 Å². The molecule has 3 aromatic carbocycles. The molecule has 1 atom stereocenters. The van der Waals surface area contributed by atoms with Crippen molar-refractivity contribution in [2.45, 2.75) is 52.6 Å². The normalized spacial score (nSPS) is 13.2. The Kier molecular flexibility index (Phi) is 9.41. The number of nitrogens with zero attached hydrogens (tertiary/aromatic N) is 1. The molecule has 1 aliphatic heterocycles. The highest BCUT2D eigenvalue weighted by molar-refractivity contribution is 5.88. The molecule has 0 bridgehead atoms. The molecule has 0 spiro atoms. The van der Waals surface area contributed by atoms with E-state index in [1.165, 1.54) is 0 Å². The fourth-order valence-electron chi connectivity index (χ4n) is 4.50. The number of hydrogen-bond acceptors (Lipinski definition) is 4. The molecular weight excluding hydrogens is 476 g/mol. The fraction of sp³-hybridized carbons (Fsp3) is 0.375. The summed E-state index contributed by atoms with van der Waals surface area (Å²) >= 11 is 0. The molecular formula is C32H38N2O4. The van der Waals surface area contributed by atoms with Gasteiger partial charge in [-0.15, -0.1) is 0 Å². The highest BCUT2D eigenvalue weighted by Gasteiger charge is 2.30. The molecule has 1 aliphatic rings. The molecule has 38 heavy (non-hydrogen) atoms. The Bertz CT molecular complexity index is 1210. The second-order valence-corrected chi connectivity index (χ2v) is 10.3. The third kappa shape index (κ3) is 7.60. The average Bonchev–Trinajstić information content (AvgIpc) is 2.93. The van der Waals surface area contributed by atoms with Crippen LogP contribution in [0.2, 0.25) is 0 Å². The van der Waals surface area contributed by atoms with E-state index in [4.69, 9.17) is 9.47 Å². The summed E-state index contributed by atoms with van der Waals surface area (Å²) in [6.45, 7) is 8.16. The molecule has 0 fully saturated rings. The minimum absolute atomic E-state index is 0.0545. The molecule has 0 radical (unpaired) electrons. The van der Waals surface area contributed by atoms with Crippen molar-refractivity contribution in [2.24, 2.45) is 5.92 Å². The summed E-state index contributed by atoms with van der Waals surface area (Å²) in [5.41, 5.74) is 4.17. The van der Waals surface area contributed by atoms with Crippen molar-refractivity contribution in [3.05, 3.63) is 95.1 Å². The minimum atomic E-state index is -0.620. The maximum atomic E-state index is 13.8. The van der Waals surface area contributed by atoms with Crippen LogP contribution in [-0.4, -0.2) is 42.5 Å². The smallest absolute Gasteiger partial charge is 0.243 e. The van der Waals surface area contributed by atoms with Crippen LogP contribution in [0.4, 0.5) is 0 Å². The molecule has 0 saturated carbocycles. The average molecular weight is 515 g/mol. The number of aryl methyl sites for hydroxylation is 2. The molecule has 1 N–H and O–H groups in total. The Labute approximate surface area is 226 Å². The van der Waals surface area contributed by atoms with Crippen molar-refractivity contribution in [2.75, 3.05) is 19.8 Å². The molecule has 1 unspecified atom stereocenters. The van der Waals surface area contributed by atoms with Crippen LogP contribution in [-0.2, 0) is 29.0 Å². The van der Waals surface area contributed by atoms with Crippen LogP contribution in [0.25, 0.3) is 0 Å². The van der Waals surface area contributed by atoms with E-state index in [1.54, 1.807) is 4.90 Å². The van der Waals surface area contributed by atoms with Crippen LogP contribution >= 0.6 is 0 Å². The highest BCUT2D eigenvalue weighted by atomic mass is 16.6. The quantitative estimate of drug-likeness (QED) is 0.386. The predicted octanol–water partition coefficient (Wildman–Crippen LogP) is 5.11. The van der Waals surface area contributed by atoms with Crippen LogP contribution in [0, 0.1) is 12.8 Å². The summed E-state index contributed by atoms with van der Waals surface area (Å²) in [7, 11) is 0. The second kappa shape index (κ2) is 13.1. The van der Waals surface area contributed by atoms with Gasteiger partial charge in [0.15, 0.2) is 11.5 Å². The topological polar surface area (TPSA) is 67.9 Å². The van der Waals surface area contributed by atoms with Crippen molar-refractivity contribution < 1.29 is 19.1 Å². The van der Waals surface area contributed by atoms with Gasteiger partial charge in [0.25, 0.3) is 0 Å². The standard InChI is InChI=1S/C32H38N2O4/c1-23(2)21-33-32(36)28(19-25-7-5-4-6-8-25)34(22-27-11-9-24(3)10-12-27)31(35)16-14-26-13-15-29-30(20-26)38-18-17-37-29/h4-13,15,20,23,28H,14,16-19,21-22H2,1-3H3,(H,33,36). The lowest BCUT2D eigenvalue weighted by Gasteiger charge is -2.32. The van der Waals surface area contributed by atoms with Gasteiger partial charge in [0.05, 0.1) is 0 Å². The summed E-state index contributed by atoms with van der Waals surface area (Å²) < 4.78 is 11.3. The first-order valence-electron chi connectivity index (χ1n) is 13.4. The molecule has 2 amide bonds.